The second-order valence-corrected chi connectivity index (χ2v) is 7.84. The summed E-state index contributed by atoms with van der Waals surface area (Å²) in [6, 6.07) is 17.3. The number of ether oxygens (including phenoxy) is 1. The van der Waals surface area contributed by atoms with Crippen LogP contribution in [0.1, 0.15) is 23.9 Å². The molecule has 7 nitrogen and oxygen atoms in total. The number of carbonyl (C=O) groups is 2. The van der Waals surface area contributed by atoms with E-state index in [1.807, 2.05) is 75.5 Å². The van der Waals surface area contributed by atoms with Gasteiger partial charge in [0, 0.05) is 36.7 Å². The van der Waals surface area contributed by atoms with Crippen LogP contribution < -0.4 is 15.4 Å². The van der Waals surface area contributed by atoms with Crippen molar-refractivity contribution in [3.05, 3.63) is 71.5 Å². The zero-order valence-electron chi connectivity index (χ0n) is 18.7. The van der Waals surface area contributed by atoms with Gasteiger partial charge in [0.1, 0.15) is 18.6 Å². The van der Waals surface area contributed by atoms with Crippen molar-refractivity contribution in [3.8, 4) is 5.75 Å². The summed E-state index contributed by atoms with van der Waals surface area (Å²) in [7, 11) is 1.89. The standard InChI is InChI=1S/C16H18N2O2.C8H10N2OS/c1-12(19)18-14-6-8-16(9-7-14)20-11-13-4-3-5-15(10-13)17-2;1-6-5-7(2)10-8(9-6)12-4-3-11/h3-10,17H,11H2,1-2H3,(H,18,19);3,5H,4H2,1-2H3. The normalized spacial score (nSPS) is 9.88. The molecule has 0 aliphatic carbocycles. The van der Waals surface area contributed by atoms with Gasteiger partial charge in [0.25, 0.3) is 0 Å². The summed E-state index contributed by atoms with van der Waals surface area (Å²) in [6.45, 7) is 5.83. The Bertz CT molecular complexity index is 1010. The van der Waals surface area contributed by atoms with Crippen LogP contribution in [0.5, 0.6) is 5.75 Å². The molecule has 1 heterocycles. The van der Waals surface area contributed by atoms with Crippen molar-refractivity contribution in [2.45, 2.75) is 32.5 Å². The average Bonchev–Trinajstić information content (AvgIpc) is 2.77. The molecule has 3 aromatic rings. The maximum atomic E-state index is 10.9. The predicted molar refractivity (Wildman–Crippen MR) is 129 cm³/mol. The largest absolute Gasteiger partial charge is 0.489 e. The molecular weight excluding hydrogens is 424 g/mol. The maximum absolute atomic E-state index is 10.9. The number of thioether (sulfide) groups is 1. The van der Waals surface area contributed by atoms with Crippen LogP contribution >= 0.6 is 11.8 Å². The van der Waals surface area contributed by atoms with E-state index in [0.29, 0.717) is 17.5 Å². The van der Waals surface area contributed by atoms with Crippen molar-refractivity contribution < 1.29 is 14.3 Å². The van der Waals surface area contributed by atoms with E-state index in [0.717, 1.165) is 40.4 Å². The molecule has 1 aromatic heterocycles. The molecule has 3 rings (SSSR count). The topological polar surface area (TPSA) is 93.2 Å². The summed E-state index contributed by atoms with van der Waals surface area (Å²) >= 11 is 1.36. The number of carbonyl (C=O) groups excluding carboxylic acids is 2. The number of aryl methyl sites for hydroxylation is 2. The van der Waals surface area contributed by atoms with Gasteiger partial charge in [-0.25, -0.2) is 9.97 Å². The van der Waals surface area contributed by atoms with E-state index < -0.39 is 0 Å². The molecule has 0 saturated carbocycles. The first-order valence-electron chi connectivity index (χ1n) is 10.1. The van der Waals surface area contributed by atoms with Crippen LogP contribution in [0, 0.1) is 13.8 Å². The number of nitrogens with one attached hydrogen (secondary N) is 2. The molecule has 0 spiro atoms. The highest BCUT2D eigenvalue weighted by Crippen LogP contribution is 2.18. The Labute approximate surface area is 193 Å². The molecule has 0 fully saturated rings. The van der Waals surface area contributed by atoms with Crippen LogP contribution in [0.2, 0.25) is 0 Å². The third-order valence-corrected chi connectivity index (χ3v) is 4.78. The minimum Gasteiger partial charge on any atom is -0.489 e. The SMILES string of the molecule is CNc1cccc(COc2ccc(NC(C)=O)cc2)c1.Cc1cc(C)nc(SCC=O)n1. The van der Waals surface area contributed by atoms with E-state index in [2.05, 4.69) is 20.6 Å². The number of aldehydes is 1. The van der Waals surface area contributed by atoms with E-state index in [-0.39, 0.29) is 5.91 Å². The van der Waals surface area contributed by atoms with Crippen molar-refractivity contribution in [2.24, 2.45) is 0 Å². The average molecular weight is 453 g/mol. The highest BCUT2D eigenvalue weighted by molar-refractivity contribution is 7.99. The Balaban J connectivity index is 0.000000258. The first kappa shape index (κ1) is 24.9. The van der Waals surface area contributed by atoms with Crippen molar-refractivity contribution in [1.29, 1.82) is 0 Å². The van der Waals surface area contributed by atoms with E-state index in [1.54, 1.807) is 0 Å². The molecule has 1 amide bonds. The predicted octanol–water partition coefficient (Wildman–Crippen LogP) is 4.65. The van der Waals surface area contributed by atoms with E-state index in [1.165, 1.54) is 18.7 Å². The molecule has 32 heavy (non-hydrogen) atoms. The molecular formula is C24H28N4O3S. The fraction of sp³-hybridized carbons (Fsp3) is 0.250. The Morgan fingerprint density at radius 1 is 1.03 bits per heavy atom. The lowest BCUT2D eigenvalue weighted by atomic mass is 10.2. The van der Waals surface area contributed by atoms with Gasteiger partial charge in [-0.15, -0.1) is 0 Å². The monoisotopic (exact) mass is 452 g/mol. The molecule has 2 N–H and O–H groups in total. The smallest absolute Gasteiger partial charge is 0.221 e. The maximum Gasteiger partial charge on any atom is 0.221 e. The summed E-state index contributed by atoms with van der Waals surface area (Å²) in [5, 5.41) is 6.49. The number of aromatic nitrogens is 2. The zero-order valence-corrected chi connectivity index (χ0v) is 19.5. The quantitative estimate of drug-likeness (QED) is 0.292. The minimum absolute atomic E-state index is 0.0810. The van der Waals surface area contributed by atoms with Gasteiger partial charge in [-0.2, -0.15) is 0 Å². The number of anilines is 2. The van der Waals surface area contributed by atoms with Crippen molar-refractivity contribution >= 4 is 35.3 Å². The first-order chi connectivity index (χ1) is 15.4. The summed E-state index contributed by atoms with van der Waals surface area (Å²) < 4.78 is 5.71. The van der Waals surface area contributed by atoms with Gasteiger partial charge in [-0.3, -0.25) is 4.79 Å². The molecule has 0 aliphatic heterocycles. The molecule has 168 valence electrons. The number of nitrogens with zero attached hydrogens (tertiary/aromatic N) is 2. The van der Waals surface area contributed by atoms with Crippen LogP contribution in [0.3, 0.4) is 0 Å². The van der Waals surface area contributed by atoms with Gasteiger partial charge in [0.2, 0.25) is 5.91 Å². The van der Waals surface area contributed by atoms with E-state index in [4.69, 9.17) is 4.74 Å². The fourth-order valence-corrected chi connectivity index (χ4v) is 3.32. The highest BCUT2D eigenvalue weighted by Gasteiger charge is 2.00. The van der Waals surface area contributed by atoms with Crippen LogP contribution in [0.15, 0.2) is 59.8 Å². The first-order valence-corrected chi connectivity index (χ1v) is 11.0. The van der Waals surface area contributed by atoms with E-state index in [9.17, 15) is 9.59 Å². The molecule has 0 bridgehead atoms. The third kappa shape index (κ3) is 9.18. The number of hydrogen-bond acceptors (Lipinski definition) is 7. The van der Waals surface area contributed by atoms with Crippen LogP contribution in [-0.4, -0.2) is 35.0 Å². The Morgan fingerprint density at radius 2 is 1.72 bits per heavy atom. The summed E-state index contributed by atoms with van der Waals surface area (Å²) in [5.74, 6) is 1.11. The van der Waals surface area contributed by atoms with Crippen molar-refractivity contribution in [3.63, 3.8) is 0 Å². The molecule has 0 saturated heterocycles. The van der Waals surface area contributed by atoms with Crippen molar-refractivity contribution in [2.75, 3.05) is 23.4 Å². The third-order valence-electron chi connectivity index (χ3n) is 4.04. The highest BCUT2D eigenvalue weighted by atomic mass is 32.2. The number of benzene rings is 2. The van der Waals surface area contributed by atoms with E-state index >= 15 is 0 Å². The van der Waals surface area contributed by atoms with Crippen LogP contribution in [-0.2, 0) is 16.2 Å². The molecule has 8 heteroatoms. The Morgan fingerprint density at radius 3 is 2.31 bits per heavy atom. The summed E-state index contributed by atoms with van der Waals surface area (Å²) in [4.78, 5) is 29.3. The Hall–Kier alpha value is -3.39. The van der Waals surface area contributed by atoms with Crippen molar-refractivity contribution in [1.82, 2.24) is 9.97 Å². The molecule has 0 atom stereocenters. The number of amides is 1. The van der Waals surface area contributed by atoms with Gasteiger partial charge in [0.15, 0.2) is 5.16 Å². The Kier molecular flexibility index (Phi) is 10.2. The van der Waals surface area contributed by atoms with Crippen LogP contribution in [0.4, 0.5) is 11.4 Å². The fourth-order valence-electron chi connectivity index (χ4n) is 2.69. The van der Waals surface area contributed by atoms with Gasteiger partial charge >= 0.3 is 0 Å². The molecule has 0 aliphatic rings. The summed E-state index contributed by atoms with van der Waals surface area (Å²) in [6.07, 6.45) is 0.853. The molecule has 0 radical (unpaired) electrons. The molecule has 2 aromatic carbocycles. The lowest BCUT2D eigenvalue weighted by molar-refractivity contribution is -0.114. The van der Waals surface area contributed by atoms with Gasteiger partial charge < -0.3 is 20.2 Å². The molecule has 0 unspecified atom stereocenters. The van der Waals surface area contributed by atoms with Gasteiger partial charge in [-0.05, 0) is 61.9 Å². The minimum atomic E-state index is -0.0810. The van der Waals surface area contributed by atoms with Crippen LogP contribution in [0.25, 0.3) is 0 Å². The summed E-state index contributed by atoms with van der Waals surface area (Å²) in [5.41, 5.74) is 4.81. The lowest BCUT2D eigenvalue weighted by Gasteiger charge is -2.09. The lowest BCUT2D eigenvalue weighted by Crippen LogP contribution is -2.05. The second kappa shape index (κ2) is 13.1. The second-order valence-electron chi connectivity index (χ2n) is 6.86. The number of hydrogen-bond donors (Lipinski definition) is 2. The number of rotatable bonds is 8. The van der Waals surface area contributed by atoms with Gasteiger partial charge in [-0.1, -0.05) is 23.9 Å². The zero-order chi connectivity index (χ0) is 23.3. The van der Waals surface area contributed by atoms with Gasteiger partial charge in [0.05, 0.1) is 5.75 Å².